The fourth-order valence-electron chi connectivity index (χ4n) is 2.44. The average Bonchev–Trinajstić information content (AvgIpc) is 2.55. The molecule has 2 atom stereocenters. The molecule has 1 aliphatic rings. The molecule has 6 heteroatoms. The second kappa shape index (κ2) is 6.22. The molecule has 0 bridgehead atoms. The highest BCUT2D eigenvalue weighted by Crippen LogP contribution is 2.21. The Kier molecular flexibility index (Phi) is 5.38. The van der Waals surface area contributed by atoms with E-state index < -0.39 is 9.84 Å². The molecule has 1 heterocycles. The molecule has 1 fully saturated rings. The molecule has 1 amide bonds. The zero-order chi connectivity index (χ0) is 14.8. The fraction of sp³-hybridized carbons (Fsp3) is 0.923. The van der Waals surface area contributed by atoms with Gasteiger partial charge in [-0.2, -0.15) is 0 Å². The molecule has 1 rings (SSSR count). The first-order valence-electron chi connectivity index (χ1n) is 6.87. The second-order valence-electron chi connectivity index (χ2n) is 6.09. The number of amides is 1. The molecule has 5 nitrogen and oxygen atoms in total. The van der Waals surface area contributed by atoms with Crippen LogP contribution < -0.4 is 5.32 Å². The van der Waals surface area contributed by atoms with Crippen LogP contribution >= 0.6 is 0 Å². The van der Waals surface area contributed by atoms with Crippen LogP contribution in [0.4, 0.5) is 0 Å². The van der Waals surface area contributed by atoms with Gasteiger partial charge >= 0.3 is 0 Å². The maximum absolute atomic E-state index is 12.3. The first-order valence-corrected chi connectivity index (χ1v) is 8.94. The summed E-state index contributed by atoms with van der Waals surface area (Å²) in [5.41, 5.74) is 0. The molecule has 19 heavy (non-hydrogen) atoms. The molecule has 0 aromatic rings. The van der Waals surface area contributed by atoms with Crippen LogP contribution in [0.25, 0.3) is 0 Å². The number of sulfone groups is 1. The lowest BCUT2D eigenvalue weighted by Crippen LogP contribution is -2.42. The van der Waals surface area contributed by atoms with Crippen LogP contribution in [0.2, 0.25) is 0 Å². The van der Waals surface area contributed by atoms with Gasteiger partial charge in [-0.25, -0.2) is 8.42 Å². The van der Waals surface area contributed by atoms with Crippen LogP contribution in [0.3, 0.4) is 0 Å². The molecule has 0 saturated carbocycles. The van der Waals surface area contributed by atoms with Crippen LogP contribution in [0.5, 0.6) is 0 Å². The van der Waals surface area contributed by atoms with E-state index in [9.17, 15) is 13.2 Å². The van der Waals surface area contributed by atoms with Gasteiger partial charge in [-0.05, 0) is 18.3 Å². The number of nitrogens with zero attached hydrogens (tertiary/aromatic N) is 1. The van der Waals surface area contributed by atoms with Crippen molar-refractivity contribution >= 4 is 15.7 Å². The molecule has 0 aromatic carbocycles. The maximum Gasteiger partial charge on any atom is 0.241 e. The van der Waals surface area contributed by atoms with Gasteiger partial charge in [-0.3, -0.25) is 10.1 Å². The summed E-state index contributed by atoms with van der Waals surface area (Å²) in [5, 5.41) is 3.36. The van der Waals surface area contributed by atoms with Crippen molar-refractivity contribution in [3.05, 3.63) is 0 Å². The lowest BCUT2D eigenvalue weighted by Gasteiger charge is -2.27. The van der Waals surface area contributed by atoms with Gasteiger partial charge in [0.1, 0.15) is 9.84 Å². The molecule has 2 unspecified atom stereocenters. The Morgan fingerprint density at radius 2 is 1.79 bits per heavy atom. The molecule has 0 radical (unpaired) electrons. The summed E-state index contributed by atoms with van der Waals surface area (Å²) in [7, 11) is -2.96. The number of hydrogen-bond donors (Lipinski definition) is 1. The van der Waals surface area contributed by atoms with Crippen molar-refractivity contribution in [2.45, 2.75) is 46.3 Å². The van der Waals surface area contributed by atoms with E-state index in [2.05, 4.69) is 19.2 Å². The predicted octanol–water partition coefficient (Wildman–Crippen LogP) is 0.860. The minimum atomic E-state index is -2.96. The van der Waals surface area contributed by atoms with Crippen molar-refractivity contribution in [2.24, 2.45) is 11.8 Å². The third-order valence-corrected chi connectivity index (χ3v) is 4.48. The Balaban J connectivity index is 2.69. The molecule has 1 saturated heterocycles. The number of carbonyl (C=O) groups is 1. The van der Waals surface area contributed by atoms with E-state index in [1.165, 1.54) is 6.26 Å². The Morgan fingerprint density at radius 3 is 2.21 bits per heavy atom. The highest BCUT2D eigenvalue weighted by molar-refractivity contribution is 7.90. The molecular formula is C13H26N2O3S. The largest absolute Gasteiger partial charge is 0.325 e. The monoisotopic (exact) mass is 290 g/mol. The molecule has 0 spiro atoms. The molecule has 1 aliphatic heterocycles. The lowest BCUT2D eigenvalue weighted by molar-refractivity contribution is -0.131. The standard InChI is InChI=1S/C13H26N2O3S/c1-9(2)11-13(16)15(12(14-11)10(3)4)7-6-8-19(5,17)18/h9-12,14H,6-8H2,1-5H3. The Bertz CT molecular complexity index is 418. The van der Waals surface area contributed by atoms with Gasteiger partial charge in [0.25, 0.3) is 0 Å². The molecule has 1 N–H and O–H groups in total. The average molecular weight is 290 g/mol. The summed E-state index contributed by atoms with van der Waals surface area (Å²) in [6.45, 7) is 8.68. The third kappa shape index (κ3) is 4.45. The van der Waals surface area contributed by atoms with Gasteiger partial charge in [0.05, 0.1) is 18.0 Å². The number of carbonyl (C=O) groups excluding carboxylic acids is 1. The van der Waals surface area contributed by atoms with E-state index in [-0.39, 0.29) is 29.8 Å². The van der Waals surface area contributed by atoms with Gasteiger partial charge in [-0.1, -0.05) is 27.7 Å². The van der Waals surface area contributed by atoms with Crippen molar-refractivity contribution in [1.82, 2.24) is 10.2 Å². The highest BCUT2D eigenvalue weighted by Gasteiger charge is 2.41. The quantitative estimate of drug-likeness (QED) is 0.788. The molecular weight excluding hydrogens is 264 g/mol. The predicted molar refractivity (Wildman–Crippen MR) is 76.4 cm³/mol. The van der Waals surface area contributed by atoms with Crippen molar-refractivity contribution in [3.8, 4) is 0 Å². The normalized spacial score (nSPS) is 24.8. The van der Waals surface area contributed by atoms with Crippen LogP contribution in [0, 0.1) is 11.8 Å². The first-order chi connectivity index (χ1) is 8.63. The van der Waals surface area contributed by atoms with Crippen LogP contribution in [0.1, 0.15) is 34.1 Å². The number of hydrogen-bond acceptors (Lipinski definition) is 4. The van der Waals surface area contributed by atoms with E-state index in [0.29, 0.717) is 18.9 Å². The van der Waals surface area contributed by atoms with Gasteiger partial charge < -0.3 is 4.90 Å². The van der Waals surface area contributed by atoms with Gasteiger partial charge in [0.2, 0.25) is 5.91 Å². The maximum atomic E-state index is 12.3. The van der Waals surface area contributed by atoms with Gasteiger partial charge in [-0.15, -0.1) is 0 Å². The molecule has 112 valence electrons. The topological polar surface area (TPSA) is 66.5 Å². The van der Waals surface area contributed by atoms with Gasteiger partial charge in [0, 0.05) is 12.8 Å². The van der Waals surface area contributed by atoms with Crippen LogP contribution in [-0.2, 0) is 14.6 Å². The lowest BCUT2D eigenvalue weighted by atomic mass is 10.0. The van der Waals surface area contributed by atoms with Crippen LogP contribution in [-0.4, -0.2) is 50.0 Å². The van der Waals surface area contributed by atoms with Gasteiger partial charge in [0.15, 0.2) is 0 Å². The van der Waals surface area contributed by atoms with Crippen LogP contribution in [0.15, 0.2) is 0 Å². The zero-order valence-electron chi connectivity index (χ0n) is 12.5. The molecule has 0 aromatic heterocycles. The van der Waals surface area contributed by atoms with E-state index in [4.69, 9.17) is 0 Å². The second-order valence-corrected chi connectivity index (χ2v) is 8.35. The summed E-state index contributed by atoms with van der Waals surface area (Å²) < 4.78 is 22.3. The van der Waals surface area contributed by atoms with E-state index >= 15 is 0 Å². The summed E-state index contributed by atoms with van der Waals surface area (Å²) >= 11 is 0. The minimum absolute atomic E-state index is 0.0134. The third-order valence-electron chi connectivity index (χ3n) is 3.45. The SMILES string of the molecule is CC(C)C1NC(C(C)C)N(CCCS(C)(=O)=O)C1=O. The highest BCUT2D eigenvalue weighted by atomic mass is 32.2. The summed E-state index contributed by atoms with van der Waals surface area (Å²) in [6, 6.07) is -0.148. The summed E-state index contributed by atoms with van der Waals surface area (Å²) in [6.07, 6.45) is 1.74. The zero-order valence-corrected chi connectivity index (χ0v) is 13.3. The number of nitrogens with one attached hydrogen (secondary N) is 1. The smallest absolute Gasteiger partial charge is 0.241 e. The van der Waals surface area contributed by atoms with E-state index in [1.54, 1.807) is 4.90 Å². The summed E-state index contributed by atoms with van der Waals surface area (Å²) in [5.74, 6) is 0.787. The summed E-state index contributed by atoms with van der Waals surface area (Å²) in [4.78, 5) is 14.1. The minimum Gasteiger partial charge on any atom is -0.325 e. The number of rotatable bonds is 6. The Labute approximate surface area is 116 Å². The Morgan fingerprint density at radius 1 is 1.21 bits per heavy atom. The van der Waals surface area contributed by atoms with E-state index in [1.807, 2.05) is 13.8 Å². The Hall–Kier alpha value is -0.620. The van der Waals surface area contributed by atoms with Crippen molar-refractivity contribution < 1.29 is 13.2 Å². The molecule has 0 aliphatic carbocycles. The first kappa shape index (κ1) is 16.4. The van der Waals surface area contributed by atoms with Crippen molar-refractivity contribution in [2.75, 3.05) is 18.6 Å². The van der Waals surface area contributed by atoms with Crippen molar-refractivity contribution in [1.29, 1.82) is 0 Å². The fourth-order valence-corrected chi connectivity index (χ4v) is 3.09. The van der Waals surface area contributed by atoms with E-state index in [0.717, 1.165) is 0 Å². The van der Waals surface area contributed by atoms with Crippen molar-refractivity contribution in [3.63, 3.8) is 0 Å².